The number of halogens is 1. The number of benzene rings is 2. The average molecular weight is 387 g/mol. The van der Waals surface area contributed by atoms with Gasteiger partial charge in [-0.1, -0.05) is 29.8 Å². The number of carbonyl (C=O) groups excluding carboxylic acids is 2. The number of nitrogens with zero attached hydrogens (tertiary/aromatic N) is 2. The first kappa shape index (κ1) is 19.2. The zero-order valence-electron chi connectivity index (χ0n) is 15.4. The summed E-state index contributed by atoms with van der Waals surface area (Å²) in [7, 11) is 1.36. The van der Waals surface area contributed by atoms with Gasteiger partial charge in [0.15, 0.2) is 0 Å². The van der Waals surface area contributed by atoms with Crippen LogP contribution in [0.4, 0.5) is 10.5 Å². The number of urea groups is 1. The van der Waals surface area contributed by atoms with E-state index in [0.29, 0.717) is 17.1 Å². The molecule has 0 saturated carbocycles. The summed E-state index contributed by atoms with van der Waals surface area (Å²) in [6.45, 7) is 1.95. The first-order valence-corrected chi connectivity index (χ1v) is 9.45. The van der Waals surface area contributed by atoms with Crippen LogP contribution in [0.15, 0.2) is 48.5 Å². The van der Waals surface area contributed by atoms with E-state index in [1.807, 2.05) is 29.2 Å². The molecule has 2 aromatic rings. The van der Waals surface area contributed by atoms with E-state index in [2.05, 4.69) is 0 Å². The topological polar surface area (TPSA) is 49.9 Å². The van der Waals surface area contributed by atoms with Crippen molar-refractivity contribution in [3.63, 3.8) is 0 Å². The molecular formula is C21H23ClN2O3. The predicted molar refractivity (Wildman–Crippen MR) is 106 cm³/mol. The van der Waals surface area contributed by atoms with E-state index in [9.17, 15) is 9.59 Å². The van der Waals surface area contributed by atoms with Gasteiger partial charge >= 0.3 is 12.0 Å². The third-order valence-corrected chi connectivity index (χ3v) is 4.93. The molecule has 1 saturated heterocycles. The SMILES string of the molecule is COC(=O)c1ccc(CN(C(=O)N2CCCCC2)c2cccc(Cl)c2)cc1. The molecule has 1 fully saturated rings. The van der Waals surface area contributed by atoms with Gasteiger partial charge in [-0.2, -0.15) is 0 Å². The van der Waals surface area contributed by atoms with Crippen LogP contribution in [0.25, 0.3) is 0 Å². The number of anilines is 1. The second-order valence-corrected chi connectivity index (χ2v) is 7.02. The minimum atomic E-state index is -0.377. The Morgan fingerprint density at radius 1 is 1.07 bits per heavy atom. The minimum absolute atomic E-state index is 0.0194. The molecule has 0 unspecified atom stereocenters. The fourth-order valence-corrected chi connectivity index (χ4v) is 3.40. The molecule has 142 valence electrons. The lowest BCUT2D eigenvalue weighted by Crippen LogP contribution is -2.45. The second-order valence-electron chi connectivity index (χ2n) is 6.58. The van der Waals surface area contributed by atoms with Crippen LogP contribution in [0.5, 0.6) is 0 Å². The maximum atomic E-state index is 13.2. The fraction of sp³-hybridized carbons (Fsp3) is 0.333. The van der Waals surface area contributed by atoms with E-state index < -0.39 is 0 Å². The number of amides is 2. The minimum Gasteiger partial charge on any atom is -0.465 e. The third-order valence-electron chi connectivity index (χ3n) is 4.69. The predicted octanol–water partition coefficient (Wildman–Crippen LogP) is 4.74. The first-order chi connectivity index (χ1) is 13.1. The zero-order valence-corrected chi connectivity index (χ0v) is 16.1. The van der Waals surface area contributed by atoms with Gasteiger partial charge in [-0.3, -0.25) is 4.90 Å². The molecule has 3 rings (SSSR count). The Kier molecular flexibility index (Phi) is 6.35. The number of esters is 1. The van der Waals surface area contributed by atoms with Crippen molar-refractivity contribution >= 4 is 29.3 Å². The van der Waals surface area contributed by atoms with Gasteiger partial charge in [0.05, 0.1) is 19.2 Å². The van der Waals surface area contributed by atoms with E-state index in [1.165, 1.54) is 7.11 Å². The molecule has 0 N–H and O–H groups in total. The summed E-state index contributed by atoms with van der Waals surface area (Å²) in [5, 5.41) is 0.588. The summed E-state index contributed by atoms with van der Waals surface area (Å²) >= 11 is 6.15. The molecule has 0 spiro atoms. The van der Waals surface area contributed by atoms with Gasteiger partial charge in [-0.25, -0.2) is 9.59 Å². The van der Waals surface area contributed by atoms with Gasteiger partial charge in [-0.05, 0) is 55.2 Å². The standard InChI is InChI=1S/C21H23ClN2O3/c1-27-20(25)17-10-8-16(9-11-17)15-24(19-7-5-6-18(22)14-19)21(26)23-12-3-2-4-13-23/h5-11,14H,2-4,12-13,15H2,1H3. The number of likely N-dealkylation sites (tertiary alicyclic amines) is 1. The Bertz CT molecular complexity index is 801. The molecule has 0 radical (unpaired) electrons. The smallest absolute Gasteiger partial charge is 0.337 e. The molecule has 1 aliphatic heterocycles. The number of methoxy groups -OCH3 is 1. The lowest BCUT2D eigenvalue weighted by Gasteiger charge is -2.33. The van der Waals surface area contributed by atoms with Crippen LogP contribution >= 0.6 is 11.6 Å². The summed E-state index contributed by atoms with van der Waals surface area (Å²) in [6, 6.07) is 14.4. The summed E-state index contributed by atoms with van der Waals surface area (Å²) in [6.07, 6.45) is 3.22. The molecule has 0 atom stereocenters. The normalized spacial score (nSPS) is 13.9. The van der Waals surface area contributed by atoms with Crippen molar-refractivity contribution in [2.24, 2.45) is 0 Å². The van der Waals surface area contributed by atoms with Crippen molar-refractivity contribution in [2.75, 3.05) is 25.1 Å². The first-order valence-electron chi connectivity index (χ1n) is 9.08. The summed E-state index contributed by atoms with van der Waals surface area (Å²) in [5.74, 6) is -0.377. The summed E-state index contributed by atoms with van der Waals surface area (Å²) < 4.78 is 4.73. The van der Waals surface area contributed by atoms with Crippen molar-refractivity contribution in [3.05, 3.63) is 64.7 Å². The monoisotopic (exact) mass is 386 g/mol. The van der Waals surface area contributed by atoms with Crippen molar-refractivity contribution in [3.8, 4) is 0 Å². The highest BCUT2D eigenvalue weighted by Crippen LogP contribution is 2.24. The van der Waals surface area contributed by atoms with Gasteiger partial charge in [-0.15, -0.1) is 0 Å². The van der Waals surface area contributed by atoms with E-state index in [0.717, 1.165) is 43.6 Å². The van der Waals surface area contributed by atoms with Crippen LogP contribution in [-0.4, -0.2) is 37.1 Å². The lowest BCUT2D eigenvalue weighted by molar-refractivity contribution is 0.0600. The highest BCUT2D eigenvalue weighted by molar-refractivity contribution is 6.30. The van der Waals surface area contributed by atoms with Crippen LogP contribution in [0.3, 0.4) is 0 Å². The quantitative estimate of drug-likeness (QED) is 0.713. The highest BCUT2D eigenvalue weighted by atomic mass is 35.5. The summed E-state index contributed by atoms with van der Waals surface area (Å²) in [4.78, 5) is 28.4. The van der Waals surface area contributed by atoms with Crippen molar-refractivity contribution in [1.29, 1.82) is 0 Å². The molecule has 6 heteroatoms. The molecule has 2 aromatic carbocycles. The lowest BCUT2D eigenvalue weighted by atomic mass is 10.1. The summed E-state index contributed by atoms with van der Waals surface area (Å²) in [5.41, 5.74) is 2.17. The van der Waals surface area contributed by atoms with Gasteiger partial charge < -0.3 is 9.64 Å². The van der Waals surface area contributed by atoms with Crippen molar-refractivity contribution in [1.82, 2.24) is 4.90 Å². The van der Waals surface area contributed by atoms with Crippen LogP contribution in [0.1, 0.15) is 35.2 Å². The number of hydrogen-bond donors (Lipinski definition) is 0. The molecule has 27 heavy (non-hydrogen) atoms. The van der Waals surface area contributed by atoms with Crippen LogP contribution in [0.2, 0.25) is 5.02 Å². The largest absolute Gasteiger partial charge is 0.465 e. The molecule has 1 aliphatic rings. The molecule has 5 nitrogen and oxygen atoms in total. The molecule has 0 bridgehead atoms. The van der Waals surface area contributed by atoms with Gasteiger partial charge in [0, 0.05) is 23.8 Å². The molecular weight excluding hydrogens is 364 g/mol. The molecule has 2 amide bonds. The van der Waals surface area contributed by atoms with Crippen LogP contribution in [-0.2, 0) is 11.3 Å². The molecule has 0 aromatic heterocycles. The zero-order chi connectivity index (χ0) is 19.2. The molecule has 1 heterocycles. The Labute approximate surface area is 164 Å². The average Bonchev–Trinajstić information content (AvgIpc) is 2.72. The number of ether oxygens (including phenoxy) is 1. The number of hydrogen-bond acceptors (Lipinski definition) is 3. The van der Waals surface area contributed by atoms with Crippen LogP contribution < -0.4 is 4.90 Å². The van der Waals surface area contributed by atoms with Gasteiger partial charge in [0.25, 0.3) is 0 Å². The van der Waals surface area contributed by atoms with Gasteiger partial charge in [0.1, 0.15) is 0 Å². The number of piperidine rings is 1. The van der Waals surface area contributed by atoms with E-state index in [-0.39, 0.29) is 12.0 Å². The Morgan fingerprint density at radius 3 is 2.41 bits per heavy atom. The second kappa shape index (κ2) is 8.91. The van der Waals surface area contributed by atoms with E-state index in [4.69, 9.17) is 16.3 Å². The maximum Gasteiger partial charge on any atom is 0.337 e. The highest BCUT2D eigenvalue weighted by Gasteiger charge is 2.24. The number of carbonyl (C=O) groups is 2. The fourth-order valence-electron chi connectivity index (χ4n) is 3.22. The Morgan fingerprint density at radius 2 is 1.78 bits per heavy atom. The van der Waals surface area contributed by atoms with Crippen molar-refractivity contribution in [2.45, 2.75) is 25.8 Å². The van der Waals surface area contributed by atoms with E-state index in [1.54, 1.807) is 29.2 Å². The van der Waals surface area contributed by atoms with E-state index >= 15 is 0 Å². The maximum absolute atomic E-state index is 13.2. The Hall–Kier alpha value is -2.53. The molecule has 0 aliphatic carbocycles. The van der Waals surface area contributed by atoms with Crippen molar-refractivity contribution < 1.29 is 14.3 Å². The Balaban J connectivity index is 1.85. The van der Waals surface area contributed by atoms with Crippen LogP contribution in [0, 0.1) is 0 Å². The number of rotatable bonds is 4. The van der Waals surface area contributed by atoms with Gasteiger partial charge in [0.2, 0.25) is 0 Å². The third kappa shape index (κ3) is 4.80.